The Morgan fingerprint density at radius 1 is 1.44 bits per heavy atom. The predicted octanol–water partition coefficient (Wildman–Crippen LogP) is 3.34. The lowest BCUT2D eigenvalue weighted by molar-refractivity contribution is 0.0951. The van der Waals surface area contributed by atoms with Crippen molar-refractivity contribution in [1.82, 2.24) is 10.3 Å². The molecule has 2 rings (SSSR count). The SMILES string of the molecule is Cc1cc(C(=O)NCc2sccc2C)cc(Cl)n1. The van der Waals surface area contributed by atoms with Crippen molar-refractivity contribution >= 4 is 28.8 Å². The van der Waals surface area contributed by atoms with Gasteiger partial charge in [-0.25, -0.2) is 4.98 Å². The van der Waals surface area contributed by atoms with Crippen molar-refractivity contribution in [2.24, 2.45) is 0 Å². The Bertz CT molecular complexity index is 560. The van der Waals surface area contributed by atoms with Crippen LogP contribution in [0.25, 0.3) is 0 Å². The third-order valence-electron chi connectivity index (χ3n) is 2.56. The average Bonchev–Trinajstić information content (AvgIpc) is 2.70. The van der Waals surface area contributed by atoms with Crippen LogP contribution >= 0.6 is 22.9 Å². The monoisotopic (exact) mass is 280 g/mol. The second kappa shape index (κ2) is 5.50. The highest BCUT2D eigenvalue weighted by atomic mass is 35.5. The number of rotatable bonds is 3. The van der Waals surface area contributed by atoms with Crippen LogP contribution in [0.2, 0.25) is 5.15 Å². The summed E-state index contributed by atoms with van der Waals surface area (Å²) in [4.78, 5) is 17.2. The van der Waals surface area contributed by atoms with Crippen LogP contribution in [0.3, 0.4) is 0 Å². The fourth-order valence-electron chi connectivity index (χ4n) is 1.61. The van der Waals surface area contributed by atoms with Gasteiger partial charge < -0.3 is 5.32 Å². The number of aryl methyl sites for hydroxylation is 2. The van der Waals surface area contributed by atoms with Gasteiger partial charge in [0.05, 0.1) is 6.54 Å². The molecule has 5 heteroatoms. The summed E-state index contributed by atoms with van der Waals surface area (Å²) in [6, 6.07) is 5.34. The van der Waals surface area contributed by atoms with Crippen molar-refractivity contribution in [2.45, 2.75) is 20.4 Å². The molecular formula is C13H13ClN2OS. The van der Waals surface area contributed by atoms with Crippen molar-refractivity contribution in [2.75, 3.05) is 0 Å². The minimum Gasteiger partial charge on any atom is -0.347 e. The summed E-state index contributed by atoms with van der Waals surface area (Å²) >= 11 is 7.47. The molecule has 0 aliphatic heterocycles. The molecule has 0 aliphatic carbocycles. The summed E-state index contributed by atoms with van der Waals surface area (Å²) in [7, 11) is 0. The number of nitrogens with one attached hydrogen (secondary N) is 1. The van der Waals surface area contributed by atoms with Crippen LogP contribution < -0.4 is 5.32 Å². The van der Waals surface area contributed by atoms with Crippen LogP contribution in [0.5, 0.6) is 0 Å². The van der Waals surface area contributed by atoms with Crippen molar-refractivity contribution < 1.29 is 4.79 Å². The van der Waals surface area contributed by atoms with Crippen LogP contribution in [-0.2, 0) is 6.54 Å². The van der Waals surface area contributed by atoms with E-state index in [-0.39, 0.29) is 5.91 Å². The highest BCUT2D eigenvalue weighted by molar-refractivity contribution is 7.10. The van der Waals surface area contributed by atoms with Gasteiger partial charge in [-0.3, -0.25) is 4.79 Å². The molecule has 2 aromatic rings. The summed E-state index contributed by atoms with van der Waals surface area (Å²) in [6.07, 6.45) is 0. The molecule has 2 aromatic heterocycles. The number of pyridine rings is 1. The molecular weight excluding hydrogens is 268 g/mol. The minimum absolute atomic E-state index is 0.129. The van der Waals surface area contributed by atoms with Gasteiger partial charge in [0.25, 0.3) is 5.91 Å². The Morgan fingerprint density at radius 2 is 2.22 bits per heavy atom. The summed E-state index contributed by atoms with van der Waals surface area (Å²) in [6.45, 7) is 4.39. The van der Waals surface area contributed by atoms with Crippen LogP contribution in [-0.4, -0.2) is 10.9 Å². The van der Waals surface area contributed by atoms with E-state index in [0.29, 0.717) is 17.3 Å². The molecule has 1 N–H and O–H groups in total. The predicted molar refractivity (Wildman–Crippen MR) is 74.2 cm³/mol. The van der Waals surface area contributed by atoms with E-state index >= 15 is 0 Å². The molecule has 0 saturated carbocycles. The second-order valence-corrected chi connectivity index (χ2v) is 5.42. The molecule has 18 heavy (non-hydrogen) atoms. The summed E-state index contributed by atoms with van der Waals surface area (Å²) in [5.74, 6) is -0.129. The smallest absolute Gasteiger partial charge is 0.251 e. The van der Waals surface area contributed by atoms with Gasteiger partial charge in [0.15, 0.2) is 0 Å². The zero-order chi connectivity index (χ0) is 13.1. The number of carbonyl (C=O) groups is 1. The van der Waals surface area contributed by atoms with Gasteiger partial charge in [-0.2, -0.15) is 0 Å². The van der Waals surface area contributed by atoms with E-state index in [1.165, 1.54) is 10.4 Å². The fraction of sp³-hybridized carbons (Fsp3) is 0.231. The van der Waals surface area contributed by atoms with Crippen LogP contribution in [0.4, 0.5) is 0 Å². The van der Waals surface area contributed by atoms with Gasteiger partial charge in [0.2, 0.25) is 0 Å². The molecule has 0 fully saturated rings. The lowest BCUT2D eigenvalue weighted by atomic mass is 10.2. The Labute approximate surface area is 115 Å². The largest absolute Gasteiger partial charge is 0.347 e. The van der Waals surface area contributed by atoms with E-state index in [4.69, 9.17) is 11.6 Å². The third kappa shape index (κ3) is 3.09. The third-order valence-corrected chi connectivity index (χ3v) is 3.78. The van der Waals surface area contributed by atoms with Gasteiger partial charge in [0, 0.05) is 16.1 Å². The average molecular weight is 281 g/mol. The first kappa shape index (κ1) is 13.1. The van der Waals surface area contributed by atoms with Gasteiger partial charge in [0.1, 0.15) is 5.15 Å². The molecule has 2 heterocycles. The quantitative estimate of drug-likeness (QED) is 0.876. The van der Waals surface area contributed by atoms with Gasteiger partial charge in [-0.15, -0.1) is 11.3 Å². The number of amides is 1. The highest BCUT2D eigenvalue weighted by Crippen LogP contribution is 2.15. The maximum atomic E-state index is 12.0. The topological polar surface area (TPSA) is 42.0 Å². The van der Waals surface area contributed by atoms with Crippen molar-refractivity contribution in [3.05, 3.63) is 50.4 Å². The summed E-state index contributed by atoms with van der Waals surface area (Å²) < 4.78 is 0. The molecule has 3 nitrogen and oxygen atoms in total. The molecule has 1 amide bonds. The maximum absolute atomic E-state index is 12.0. The molecule has 0 atom stereocenters. The normalized spacial score (nSPS) is 10.4. The van der Waals surface area contributed by atoms with E-state index in [0.717, 1.165) is 5.69 Å². The highest BCUT2D eigenvalue weighted by Gasteiger charge is 2.08. The van der Waals surface area contributed by atoms with E-state index in [1.807, 2.05) is 25.3 Å². The van der Waals surface area contributed by atoms with E-state index in [9.17, 15) is 4.79 Å². The van der Waals surface area contributed by atoms with Gasteiger partial charge in [-0.05, 0) is 43.0 Å². The number of aromatic nitrogens is 1. The minimum atomic E-state index is -0.129. The van der Waals surface area contributed by atoms with Crippen molar-refractivity contribution in [3.63, 3.8) is 0 Å². The first-order valence-electron chi connectivity index (χ1n) is 5.51. The summed E-state index contributed by atoms with van der Waals surface area (Å²) in [5.41, 5.74) is 2.48. The number of hydrogen-bond acceptors (Lipinski definition) is 3. The second-order valence-electron chi connectivity index (χ2n) is 4.03. The number of carbonyl (C=O) groups excluding carboxylic acids is 1. The maximum Gasteiger partial charge on any atom is 0.251 e. The first-order chi connectivity index (χ1) is 8.56. The molecule has 0 aromatic carbocycles. The number of hydrogen-bond donors (Lipinski definition) is 1. The van der Waals surface area contributed by atoms with Crippen LogP contribution in [0.1, 0.15) is 26.5 Å². The molecule has 0 unspecified atom stereocenters. The zero-order valence-corrected chi connectivity index (χ0v) is 11.7. The Balaban J connectivity index is 2.06. The van der Waals surface area contributed by atoms with E-state index < -0.39 is 0 Å². The molecule has 0 aliphatic rings. The lowest BCUT2D eigenvalue weighted by Gasteiger charge is -2.06. The molecule has 0 bridgehead atoms. The van der Waals surface area contributed by atoms with Gasteiger partial charge in [-0.1, -0.05) is 11.6 Å². The number of nitrogens with zero attached hydrogens (tertiary/aromatic N) is 1. The fourth-order valence-corrected chi connectivity index (χ4v) is 2.70. The lowest BCUT2D eigenvalue weighted by Crippen LogP contribution is -2.22. The van der Waals surface area contributed by atoms with Crippen molar-refractivity contribution in [1.29, 1.82) is 0 Å². The first-order valence-corrected chi connectivity index (χ1v) is 6.77. The van der Waals surface area contributed by atoms with Crippen LogP contribution in [0.15, 0.2) is 23.6 Å². The molecule has 0 saturated heterocycles. The van der Waals surface area contributed by atoms with Crippen molar-refractivity contribution in [3.8, 4) is 0 Å². The van der Waals surface area contributed by atoms with Gasteiger partial charge >= 0.3 is 0 Å². The molecule has 0 radical (unpaired) electrons. The number of halogens is 1. The number of thiophene rings is 1. The molecule has 0 spiro atoms. The Kier molecular flexibility index (Phi) is 3.99. The van der Waals surface area contributed by atoms with Crippen LogP contribution in [0, 0.1) is 13.8 Å². The summed E-state index contributed by atoms with van der Waals surface area (Å²) in [5, 5.41) is 5.24. The Morgan fingerprint density at radius 3 is 2.83 bits per heavy atom. The Hall–Kier alpha value is -1.39. The van der Waals surface area contributed by atoms with E-state index in [2.05, 4.69) is 10.3 Å². The molecule has 94 valence electrons. The zero-order valence-electron chi connectivity index (χ0n) is 10.2. The standard InChI is InChI=1S/C13H13ClN2OS/c1-8-3-4-18-11(8)7-15-13(17)10-5-9(2)16-12(14)6-10/h3-6H,7H2,1-2H3,(H,15,17). The van der Waals surface area contributed by atoms with E-state index in [1.54, 1.807) is 23.5 Å².